The first-order valence-electron chi connectivity index (χ1n) is 5.33. The lowest BCUT2D eigenvalue weighted by molar-refractivity contribution is 1.00. The second-order valence-electron chi connectivity index (χ2n) is 3.43. The van der Waals surface area contributed by atoms with E-state index >= 15 is 0 Å². The molecule has 0 aliphatic carbocycles. The van der Waals surface area contributed by atoms with Gasteiger partial charge in [-0.25, -0.2) is 0 Å². The standard InChI is InChI=1S/C11H11Cl2N3S2/c1-2-14-10-15-16-11(18-10)17-6-7-3-4-8(12)5-9(7)13/h3-5H,2,6H2,1H3,(H,14,15). The lowest BCUT2D eigenvalue weighted by atomic mass is 10.2. The topological polar surface area (TPSA) is 37.8 Å². The summed E-state index contributed by atoms with van der Waals surface area (Å²) in [5.41, 5.74) is 1.05. The molecule has 1 aromatic heterocycles. The highest BCUT2D eigenvalue weighted by Gasteiger charge is 2.06. The molecular weight excluding hydrogens is 309 g/mol. The molecule has 0 saturated carbocycles. The Kier molecular flexibility index (Phi) is 5.12. The minimum atomic E-state index is 0.652. The highest BCUT2D eigenvalue weighted by atomic mass is 35.5. The first kappa shape index (κ1) is 13.9. The molecule has 0 bridgehead atoms. The van der Waals surface area contributed by atoms with Crippen LogP contribution in [0, 0.1) is 0 Å². The third-order valence-corrected chi connectivity index (χ3v) is 4.75. The van der Waals surface area contributed by atoms with Crippen molar-refractivity contribution in [2.45, 2.75) is 17.0 Å². The number of hydrogen-bond acceptors (Lipinski definition) is 5. The molecule has 2 aromatic rings. The number of hydrogen-bond donors (Lipinski definition) is 1. The van der Waals surface area contributed by atoms with Crippen molar-refractivity contribution in [2.24, 2.45) is 0 Å². The van der Waals surface area contributed by atoms with Gasteiger partial charge in [-0.05, 0) is 24.6 Å². The average Bonchev–Trinajstić information content (AvgIpc) is 2.76. The van der Waals surface area contributed by atoms with E-state index in [-0.39, 0.29) is 0 Å². The SMILES string of the molecule is CCNc1nnc(SCc2ccc(Cl)cc2Cl)s1. The first-order valence-corrected chi connectivity index (χ1v) is 7.89. The lowest BCUT2D eigenvalue weighted by Crippen LogP contribution is -1.94. The summed E-state index contributed by atoms with van der Waals surface area (Å²) < 4.78 is 0.928. The van der Waals surface area contributed by atoms with E-state index in [9.17, 15) is 0 Å². The minimum absolute atomic E-state index is 0.652. The van der Waals surface area contributed by atoms with Crippen LogP contribution in [0.4, 0.5) is 5.13 Å². The number of benzene rings is 1. The minimum Gasteiger partial charge on any atom is -0.360 e. The van der Waals surface area contributed by atoms with Crippen molar-refractivity contribution < 1.29 is 0 Å². The lowest BCUT2D eigenvalue weighted by Gasteiger charge is -2.02. The predicted molar refractivity (Wildman–Crippen MR) is 80.1 cm³/mol. The average molecular weight is 320 g/mol. The van der Waals surface area contributed by atoms with Crippen molar-refractivity contribution in [3.8, 4) is 0 Å². The third kappa shape index (κ3) is 3.75. The summed E-state index contributed by atoms with van der Waals surface area (Å²) in [6.45, 7) is 2.88. The van der Waals surface area contributed by atoms with E-state index < -0.39 is 0 Å². The van der Waals surface area contributed by atoms with E-state index in [2.05, 4.69) is 15.5 Å². The van der Waals surface area contributed by atoms with Crippen LogP contribution >= 0.6 is 46.3 Å². The summed E-state index contributed by atoms with van der Waals surface area (Å²) in [5, 5.41) is 13.5. The summed E-state index contributed by atoms with van der Waals surface area (Å²) >= 11 is 15.1. The van der Waals surface area contributed by atoms with Gasteiger partial charge in [0.1, 0.15) is 0 Å². The van der Waals surface area contributed by atoms with Crippen LogP contribution in [-0.4, -0.2) is 16.7 Å². The Balaban J connectivity index is 1.97. The molecule has 1 N–H and O–H groups in total. The van der Waals surface area contributed by atoms with Crippen LogP contribution in [0.2, 0.25) is 10.0 Å². The highest BCUT2D eigenvalue weighted by Crippen LogP contribution is 2.31. The van der Waals surface area contributed by atoms with Gasteiger partial charge in [-0.1, -0.05) is 52.4 Å². The summed E-state index contributed by atoms with van der Waals surface area (Å²) in [4.78, 5) is 0. The van der Waals surface area contributed by atoms with E-state index in [4.69, 9.17) is 23.2 Å². The summed E-state index contributed by atoms with van der Waals surface area (Å²) in [5.74, 6) is 0.761. The van der Waals surface area contributed by atoms with Crippen LogP contribution < -0.4 is 5.32 Å². The fourth-order valence-electron chi connectivity index (χ4n) is 1.27. The Morgan fingerprint density at radius 2 is 2.17 bits per heavy atom. The molecule has 0 saturated heterocycles. The second kappa shape index (κ2) is 6.61. The zero-order valence-corrected chi connectivity index (χ0v) is 12.8. The zero-order chi connectivity index (χ0) is 13.0. The summed E-state index contributed by atoms with van der Waals surface area (Å²) in [7, 11) is 0. The van der Waals surface area contributed by atoms with E-state index in [1.807, 2.05) is 19.1 Å². The molecule has 7 heteroatoms. The van der Waals surface area contributed by atoms with Crippen molar-refractivity contribution in [2.75, 3.05) is 11.9 Å². The summed E-state index contributed by atoms with van der Waals surface area (Å²) in [6.07, 6.45) is 0. The molecule has 2 rings (SSSR count). The molecule has 3 nitrogen and oxygen atoms in total. The van der Waals surface area contributed by atoms with Gasteiger partial charge >= 0.3 is 0 Å². The molecule has 0 atom stereocenters. The number of anilines is 1. The number of nitrogens with one attached hydrogen (secondary N) is 1. The van der Waals surface area contributed by atoms with Crippen LogP contribution in [0.3, 0.4) is 0 Å². The summed E-state index contributed by atoms with van der Waals surface area (Å²) in [6, 6.07) is 5.53. The normalized spacial score (nSPS) is 10.6. The van der Waals surface area contributed by atoms with E-state index in [0.717, 1.165) is 27.3 Å². The van der Waals surface area contributed by atoms with Gasteiger partial charge in [-0.2, -0.15) is 0 Å². The Labute approximate surface area is 124 Å². The predicted octanol–water partition coefficient (Wildman–Crippen LogP) is 4.57. The Morgan fingerprint density at radius 1 is 1.33 bits per heavy atom. The van der Waals surface area contributed by atoms with Gasteiger partial charge in [-0.3, -0.25) is 0 Å². The first-order chi connectivity index (χ1) is 8.69. The number of nitrogens with zero attached hydrogens (tertiary/aromatic N) is 2. The molecule has 0 aliphatic heterocycles. The van der Waals surface area contributed by atoms with Gasteiger partial charge in [0.2, 0.25) is 5.13 Å². The Morgan fingerprint density at radius 3 is 2.89 bits per heavy atom. The molecule has 0 fully saturated rings. The number of halogens is 2. The molecule has 1 heterocycles. The molecule has 0 amide bonds. The van der Waals surface area contributed by atoms with E-state index in [0.29, 0.717) is 10.0 Å². The van der Waals surface area contributed by atoms with Gasteiger partial charge in [0.05, 0.1) is 0 Å². The Bertz CT molecular complexity index is 531. The third-order valence-electron chi connectivity index (χ3n) is 2.10. The molecule has 96 valence electrons. The van der Waals surface area contributed by atoms with Crippen LogP contribution in [0.5, 0.6) is 0 Å². The van der Waals surface area contributed by atoms with Gasteiger partial charge < -0.3 is 5.32 Å². The van der Waals surface area contributed by atoms with E-state index in [1.54, 1.807) is 29.2 Å². The maximum Gasteiger partial charge on any atom is 0.206 e. The van der Waals surface area contributed by atoms with Crippen molar-refractivity contribution in [1.29, 1.82) is 0 Å². The fourth-order valence-corrected chi connectivity index (χ4v) is 3.65. The molecule has 18 heavy (non-hydrogen) atoms. The van der Waals surface area contributed by atoms with E-state index in [1.165, 1.54) is 0 Å². The van der Waals surface area contributed by atoms with Crippen molar-refractivity contribution in [3.05, 3.63) is 33.8 Å². The quantitative estimate of drug-likeness (QED) is 0.819. The number of aromatic nitrogens is 2. The van der Waals surface area contributed by atoms with Crippen LogP contribution in [0.1, 0.15) is 12.5 Å². The maximum atomic E-state index is 6.11. The maximum absolute atomic E-state index is 6.11. The van der Waals surface area contributed by atoms with Gasteiger partial charge in [-0.15, -0.1) is 10.2 Å². The number of thioether (sulfide) groups is 1. The molecule has 0 aliphatic rings. The largest absolute Gasteiger partial charge is 0.360 e. The van der Waals surface area contributed by atoms with Crippen LogP contribution in [0.25, 0.3) is 0 Å². The van der Waals surface area contributed by atoms with Gasteiger partial charge in [0, 0.05) is 22.3 Å². The van der Waals surface area contributed by atoms with Crippen LogP contribution in [0.15, 0.2) is 22.5 Å². The fraction of sp³-hybridized carbons (Fsp3) is 0.273. The molecule has 0 unspecified atom stereocenters. The van der Waals surface area contributed by atoms with Crippen LogP contribution in [-0.2, 0) is 5.75 Å². The molecule has 1 aromatic carbocycles. The molecule has 0 radical (unpaired) electrons. The van der Waals surface area contributed by atoms with Crippen molar-refractivity contribution in [1.82, 2.24) is 10.2 Å². The number of rotatable bonds is 5. The Hall–Kier alpha value is -0.490. The monoisotopic (exact) mass is 319 g/mol. The zero-order valence-electron chi connectivity index (χ0n) is 9.61. The molecular formula is C11H11Cl2N3S2. The molecule has 0 spiro atoms. The second-order valence-corrected chi connectivity index (χ2v) is 6.47. The highest BCUT2D eigenvalue weighted by molar-refractivity contribution is 8.00. The van der Waals surface area contributed by atoms with Gasteiger partial charge in [0.15, 0.2) is 4.34 Å². The smallest absolute Gasteiger partial charge is 0.206 e. The van der Waals surface area contributed by atoms with Crippen molar-refractivity contribution >= 4 is 51.4 Å². The van der Waals surface area contributed by atoms with Crippen molar-refractivity contribution in [3.63, 3.8) is 0 Å². The van der Waals surface area contributed by atoms with Gasteiger partial charge in [0.25, 0.3) is 0 Å².